The van der Waals surface area contributed by atoms with Crippen molar-refractivity contribution in [3.63, 3.8) is 0 Å². The van der Waals surface area contributed by atoms with Gasteiger partial charge in [-0.1, -0.05) is 0 Å². The van der Waals surface area contributed by atoms with Crippen LogP contribution in [0.4, 0.5) is 4.79 Å². The number of amides is 2. The first-order chi connectivity index (χ1) is 9.43. The number of aliphatic carboxylic acids is 1. The van der Waals surface area contributed by atoms with Crippen LogP contribution in [0.15, 0.2) is 0 Å². The van der Waals surface area contributed by atoms with Crippen LogP contribution in [-0.2, 0) is 9.53 Å². The topological polar surface area (TPSA) is 103 Å². The molecule has 7 heteroatoms. The summed E-state index contributed by atoms with van der Waals surface area (Å²) in [6.45, 7) is 2.63. The lowest BCUT2D eigenvalue weighted by molar-refractivity contribution is -0.154. The van der Waals surface area contributed by atoms with Crippen LogP contribution in [0.5, 0.6) is 0 Å². The lowest BCUT2D eigenvalue weighted by Gasteiger charge is -2.34. The molecule has 2 amide bonds. The fourth-order valence-electron chi connectivity index (χ4n) is 2.07. The zero-order valence-corrected chi connectivity index (χ0v) is 11.9. The van der Waals surface area contributed by atoms with Crippen LogP contribution < -0.4 is 5.32 Å². The molecule has 112 valence electrons. The first-order valence-electron chi connectivity index (χ1n) is 6.62. The van der Waals surface area contributed by atoms with Crippen molar-refractivity contribution in [2.45, 2.75) is 32.2 Å². The number of carboxylic acids is 1. The monoisotopic (exact) mass is 283 g/mol. The zero-order valence-electron chi connectivity index (χ0n) is 11.9. The predicted octanol–water partition coefficient (Wildman–Crippen LogP) is 0.811. The van der Waals surface area contributed by atoms with Gasteiger partial charge >= 0.3 is 12.0 Å². The minimum atomic E-state index is -0.951. The van der Waals surface area contributed by atoms with E-state index >= 15 is 0 Å². The number of nitriles is 1. The van der Waals surface area contributed by atoms with E-state index in [2.05, 4.69) is 5.32 Å². The third-order valence-corrected chi connectivity index (χ3v) is 3.85. The molecule has 0 saturated carbocycles. The average molecular weight is 283 g/mol. The summed E-state index contributed by atoms with van der Waals surface area (Å²) in [6.07, 6.45) is 1.02. The number of carbonyl (C=O) groups is 2. The number of ether oxygens (including phenoxy) is 1. The second-order valence-corrected chi connectivity index (χ2v) is 5.18. The van der Waals surface area contributed by atoms with Gasteiger partial charge < -0.3 is 20.1 Å². The van der Waals surface area contributed by atoms with Gasteiger partial charge in [-0.25, -0.2) is 4.79 Å². The number of rotatable bonds is 5. The summed E-state index contributed by atoms with van der Waals surface area (Å²) in [5.74, 6) is -0.908. The van der Waals surface area contributed by atoms with Gasteiger partial charge in [-0.15, -0.1) is 0 Å². The van der Waals surface area contributed by atoms with E-state index in [1.165, 1.54) is 4.90 Å². The summed E-state index contributed by atoms with van der Waals surface area (Å²) >= 11 is 0. The molecule has 1 aliphatic rings. The van der Waals surface area contributed by atoms with E-state index in [1.54, 1.807) is 14.0 Å². The Labute approximate surface area is 118 Å². The van der Waals surface area contributed by atoms with E-state index in [0.29, 0.717) is 26.1 Å². The molecule has 20 heavy (non-hydrogen) atoms. The lowest BCUT2D eigenvalue weighted by atomic mass is 9.80. The van der Waals surface area contributed by atoms with Crippen molar-refractivity contribution in [3.8, 4) is 6.07 Å². The van der Waals surface area contributed by atoms with Crippen molar-refractivity contribution in [3.05, 3.63) is 0 Å². The summed E-state index contributed by atoms with van der Waals surface area (Å²) in [6, 6.07) is 1.43. The number of nitrogens with zero attached hydrogens (tertiary/aromatic N) is 2. The van der Waals surface area contributed by atoms with E-state index in [-0.39, 0.29) is 25.0 Å². The largest absolute Gasteiger partial charge is 0.481 e. The van der Waals surface area contributed by atoms with E-state index in [0.717, 1.165) is 0 Å². The van der Waals surface area contributed by atoms with Crippen molar-refractivity contribution < 1.29 is 19.4 Å². The molecular weight excluding hydrogens is 262 g/mol. The highest BCUT2D eigenvalue weighted by Crippen LogP contribution is 2.30. The highest BCUT2D eigenvalue weighted by atomic mass is 16.5. The summed E-state index contributed by atoms with van der Waals surface area (Å²) in [5, 5.41) is 20.6. The molecule has 2 N–H and O–H groups in total. The molecule has 1 fully saturated rings. The maximum atomic E-state index is 11.9. The molecule has 1 rings (SSSR count). The highest BCUT2D eigenvalue weighted by molar-refractivity contribution is 5.78. The first kappa shape index (κ1) is 16.2. The summed E-state index contributed by atoms with van der Waals surface area (Å²) in [7, 11) is 1.59. The smallest absolute Gasteiger partial charge is 0.317 e. The van der Waals surface area contributed by atoms with Gasteiger partial charge in [0.05, 0.1) is 17.9 Å². The van der Waals surface area contributed by atoms with Gasteiger partial charge in [0.2, 0.25) is 0 Å². The molecule has 1 aliphatic heterocycles. The Kier molecular flexibility index (Phi) is 5.77. The number of urea groups is 1. The Morgan fingerprint density at radius 3 is 2.60 bits per heavy atom. The molecule has 0 bridgehead atoms. The van der Waals surface area contributed by atoms with Crippen LogP contribution in [-0.4, -0.2) is 54.9 Å². The third-order valence-electron chi connectivity index (χ3n) is 3.85. The number of hydrogen-bond acceptors (Lipinski definition) is 4. The highest BCUT2D eigenvalue weighted by Gasteiger charge is 2.40. The van der Waals surface area contributed by atoms with Crippen LogP contribution in [0, 0.1) is 16.7 Å². The molecule has 0 spiro atoms. The average Bonchev–Trinajstić information content (AvgIpc) is 2.45. The van der Waals surface area contributed by atoms with E-state index < -0.39 is 11.4 Å². The van der Waals surface area contributed by atoms with Crippen LogP contribution >= 0.6 is 0 Å². The lowest BCUT2D eigenvalue weighted by Crippen LogP contribution is -2.50. The summed E-state index contributed by atoms with van der Waals surface area (Å²) in [4.78, 5) is 24.8. The van der Waals surface area contributed by atoms with Gasteiger partial charge in [-0.2, -0.15) is 5.26 Å². The van der Waals surface area contributed by atoms with Gasteiger partial charge in [0, 0.05) is 32.8 Å². The fraction of sp³-hybridized carbons (Fsp3) is 0.769. The fourth-order valence-corrected chi connectivity index (χ4v) is 2.07. The summed E-state index contributed by atoms with van der Waals surface area (Å²) < 4.78 is 5.18. The minimum absolute atomic E-state index is 0.0775. The van der Waals surface area contributed by atoms with Crippen LogP contribution in [0.25, 0.3) is 0 Å². The van der Waals surface area contributed by atoms with Gasteiger partial charge in [0.15, 0.2) is 0 Å². The number of carbonyl (C=O) groups excluding carboxylic acids is 1. The maximum Gasteiger partial charge on any atom is 0.317 e. The number of hydrogen-bond donors (Lipinski definition) is 2. The second kappa shape index (κ2) is 7.10. The second-order valence-electron chi connectivity index (χ2n) is 5.18. The molecule has 0 aliphatic carbocycles. The maximum absolute atomic E-state index is 11.9. The van der Waals surface area contributed by atoms with E-state index in [9.17, 15) is 14.7 Å². The molecule has 1 heterocycles. The molecule has 7 nitrogen and oxygen atoms in total. The van der Waals surface area contributed by atoms with Crippen molar-refractivity contribution in [1.29, 1.82) is 5.26 Å². The van der Waals surface area contributed by atoms with Gasteiger partial charge in [0.1, 0.15) is 0 Å². The van der Waals surface area contributed by atoms with Crippen LogP contribution in [0.1, 0.15) is 26.2 Å². The SMILES string of the molecule is CC(CC#N)N(C)C(=O)NCC1(C(=O)O)CCOCC1. The van der Waals surface area contributed by atoms with Crippen molar-refractivity contribution in [2.24, 2.45) is 5.41 Å². The molecule has 1 unspecified atom stereocenters. The Hall–Kier alpha value is -1.81. The Bertz CT molecular complexity index is 399. The van der Waals surface area contributed by atoms with Crippen molar-refractivity contribution >= 4 is 12.0 Å². The zero-order chi connectivity index (χ0) is 15.2. The molecule has 0 aromatic carbocycles. The van der Waals surface area contributed by atoms with Crippen LogP contribution in [0.2, 0.25) is 0 Å². The molecule has 1 atom stereocenters. The number of nitrogens with one attached hydrogen (secondary N) is 1. The third kappa shape index (κ3) is 3.84. The van der Waals surface area contributed by atoms with E-state index in [4.69, 9.17) is 10.00 Å². The molecule has 1 saturated heterocycles. The van der Waals surface area contributed by atoms with Crippen LogP contribution in [0.3, 0.4) is 0 Å². The van der Waals surface area contributed by atoms with E-state index in [1.807, 2.05) is 6.07 Å². The van der Waals surface area contributed by atoms with Crippen molar-refractivity contribution in [1.82, 2.24) is 10.2 Å². The predicted molar refractivity (Wildman–Crippen MR) is 71.0 cm³/mol. The molecular formula is C13H21N3O4. The molecule has 0 radical (unpaired) electrons. The quantitative estimate of drug-likeness (QED) is 0.777. The Balaban J connectivity index is 2.57. The van der Waals surface area contributed by atoms with Gasteiger partial charge in [0.25, 0.3) is 0 Å². The normalized spacial score (nSPS) is 18.6. The number of carboxylic acid groups (broad SMARTS) is 1. The van der Waals surface area contributed by atoms with Gasteiger partial charge in [-0.3, -0.25) is 4.79 Å². The Morgan fingerprint density at radius 1 is 1.50 bits per heavy atom. The Morgan fingerprint density at radius 2 is 2.10 bits per heavy atom. The standard InChI is InChI=1S/C13H21N3O4/c1-10(3-6-14)16(2)12(19)15-9-13(11(17)18)4-7-20-8-5-13/h10H,3-5,7-9H2,1-2H3,(H,15,19)(H,17,18). The summed E-state index contributed by atoms with van der Waals surface area (Å²) in [5.41, 5.74) is -0.951. The minimum Gasteiger partial charge on any atom is -0.481 e. The first-order valence-corrected chi connectivity index (χ1v) is 6.62. The van der Waals surface area contributed by atoms with Gasteiger partial charge in [-0.05, 0) is 19.8 Å². The molecule has 0 aromatic heterocycles. The van der Waals surface area contributed by atoms with Crippen molar-refractivity contribution in [2.75, 3.05) is 26.8 Å². The molecule has 0 aromatic rings.